The fraction of sp³-hybridized carbons (Fsp3) is 0.368. The van der Waals surface area contributed by atoms with Crippen LogP contribution in [-0.4, -0.2) is 9.04 Å². The van der Waals surface area contributed by atoms with Crippen molar-refractivity contribution >= 4 is 46.9 Å². The molecule has 0 aliphatic rings. The summed E-state index contributed by atoms with van der Waals surface area (Å²) in [6.07, 6.45) is 0.0794. The molecule has 2 aromatic carbocycles. The molecule has 2 nitrogen and oxygen atoms in total. The smallest absolute Gasteiger partial charge is 0.205 e. The normalized spacial score (nSPS) is 14.0. The van der Waals surface area contributed by atoms with E-state index in [0.29, 0.717) is 0 Å². The van der Waals surface area contributed by atoms with Crippen molar-refractivity contribution in [1.82, 2.24) is 0 Å². The van der Waals surface area contributed by atoms with Crippen LogP contribution in [0.25, 0.3) is 21.9 Å². The third kappa shape index (κ3) is 3.39. The lowest BCUT2D eigenvalue weighted by molar-refractivity contribution is 0.0867. The van der Waals surface area contributed by atoms with Gasteiger partial charge in [-0.3, -0.25) is 0 Å². The van der Waals surface area contributed by atoms with Gasteiger partial charge in [-0.25, -0.2) is 0 Å². The van der Waals surface area contributed by atoms with Crippen LogP contribution in [0.5, 0.6) is 0 Å². The van der Waals surface area contributed by atoms with Crippen molar-refractivity contribution in [2.45, 2.75) is 40.0 Å². The summed E-state index contributed by atoms with van der Waals surface area (Å²) in [5.41, 5.74) is 3.07. The predicted molar refractivity (Wildman–Crippen MR) is 102 cm³/mol. The minimum Gasteiger partial charge on any atom is -0.456 e. The molecule has 0 aliphatic carbocycles. The zero-order valence-corrected chi connectivity index (χ0v) is 16.8. The Bertz CT molecular complexity index is 846. The maximum absolute atomic E-state index is 6.30. The minimum atomic E-state index is -0.782. The van der Waals surface area contributed by atoms with Crippen LogP contribution in [0.3, 0.4) is 0 Å². The number of hydrogen-bond acceptors (Lipinski definition) is 2. The number of halogens is 1. The van der Waals surface area contributed by atoms with Gasteiger partial charge in [-0.2, -0.15) is 0 Å². The van der Waals surface area contributed by atoms with Gasteiger partial charge in [0.25, 0.3) is 0 Å². The third-order valence-electron chi connectivity index (χ3n) is 3.90. The third-order valence-corrected chi connectivity index (χ3v) is 5.10. The van der Waals surface area contributed by atoms with Crippen LogP contribution in [0.2, 0.25) is 13.1 Å². The predicted octanol–water partition coefficient (Wildman–Crippen LogP) is 6.70. The van der Waals surface area contributed by atoms with Gasteiger partial charge in [-0.05, 0) is 48.3 Å². The summed E-state index contributed by atoms with van der Waals surface area (Å²) in [5, 5.41) is 2.31. The number of rotatable bonds is 3. The summed E-state index contributed by atoms with van der Waals surface area (Å²) in [6, 6.07) is 12.6. The average molecular weight is 390 g/mol. The molecule has 121 valence electrons. The van der Waals surface area contributed by atoms with Gasteiger partial charge in [0, 0.05) is 15.2 Å². The molecule has 0 saturated carbocycles. The Morgan fingerprint density at radius 1 is 1.00 bits per heavy atom. The van der Waals surface area contributed by atoms with Crippen LogP contribution in [0.1, 0.15) is 32.4 Å². The molecule has 3 aromatic rings. The molecule has 1 aromatic heterocycles. The molecule has 1 atom stereocenters. The van der Waals surface area contributed by atoms with Gasteiger partial charge in [0.1, 0.15) is 11.2 Å². The first-order chi connectivity index (χ1) is 10.8. The summed E-state index contributed by atoms with van der Waals surface area (Å²) in [7, 11) is -0.782. The van der Waals surface area contributed by atoms with E-state index in [-0.39, 0.29) is 11.5 Å². The summed E-state index contributed by atoms with van der Waals surface area (Å²) < 4.78 is 13.4. The summed E-state index contributed by atoms with van der Waals surface area (Å²) in [5.74, 6) is 0. The Morgan fingerprint density at radius 2 is 1.61 bits per heavy atom. The van der Waals surface area contributed by atoms with E-state index in [1.54, 1.807) is 0 Å². The van der Waals surface area contributed by atoms with Crippen LogP contribution < -0.4 is 0 Å². The molecule has 23 heavy (non-hydrogen) atoms. The highest BCUT2D eigenvalue weighted by atomic mass is 79.9. The SMILES string of the molecule is C[Si](C)OC(c1ccc2c(c1)oc1cc(Br)ccc12)C(C)(C)C. The molecule has 4 heteroatoms. The van der Waals surface area contributed by atoms with E-state index < -0.39 is 9.04 Å². The Labute approximate surface area is 147 Å². The molecule has 0 aliphatic heterocycles. The zero-order chi connectivity index (χ0) is 16.8. The van der Waals surface area contributed by atoms with E-state index in [1.807, 2.05) is 6.07 Å². The lowest BCUT2D eigenvalue weighted by Gasteiger charge is -2.32. The van der Waals surface area contributed by atoms with Crippen LogP contribution in [-0.2, 0) is 4.43 Å². The number of furan rings is 1. The molecule has 3 rings (SSSR count). The summed E-state index contributed by atoms with van der Waals surface area (Å²) in [6.45, 7) is 11.0. The molecule has 1 radical (unpaired) electrons. The Balaban J connectivity index is 2.13. The Hall–Kier alpha value is -1.10. The van der Waals surface area contributed by atoms with E-state index in [9.17, 15) is 0 Å². The first-order valence-corrected chi connectivity index (χ1v) is 11.0. The molecular formula is C19H22BrO2Si. The molecule has 0 bridgehead atoms. The number of hydrogen-bond donors (Lipinski definition) is 0. The van der Waals surface area contributed by atoms with Crippen molar-refractivity contribution in [3.8, 4) is 0 Å². The number of benzene rings is 2. The molecule has 0 N–H and O–H groups in total. The van der Waals surface area contributed by atoms with Crippen LogP contribution in [0.4, 0.5) is 0 Å². The molecule has 1 heterocycles. The lowest BCUT2D eigenvalue weighted by Crippen LogP contribution is -2.25. The van der Waals surface area contributed by atoms with E-state index in [0.717, 1.165) is 26.4 Å². The van der Waals surface area contributed by atoms with Gasteiger partial charge in [0.05, 0.1) is 6.10 Å². The van der Waals surface area contributed by atoms with Crippen LogP contribution >= 0.6 is 15.9 Å². The van der Waals surface area contributed by atoms with E-state index in [4.69, 9.17) is 8.84 Å². The van der Waals surface area contributed by atoms with Crippen molar-refractivity contribution in [3.63, 3.8) is 0 Å². The fourth-order valence-corrected chi connectivity index (χ4v) is 4.21. The average Bonchev–Trinajstić information content (AvgIpc) is 2.79. The second kappa shape index (κ2) is 6.08. The second-order valence-electron chi connectivity index (χ2n) is 7.27. The highest BCUT2D eigenvalue weighted by Crippen LogP contribution is 2.39. The highest BCUT2D eigenvalue weighted by molar-refractivity contribution is 9.10. The molecule has 0 saturated heterocycles. The van der Waals surface area contributed by atoms with Crippen molar-refractivity contribution < 1.29 is 8.84 Å². The quantitative estimate of drug-likeness (QED) is 0.464. The maximum Gasteiger partial charge on any atom is 0.205 e. The highest BCUT2D eigenvalue weighted by Gasteiger charge is 2.28. The molecular weight excluding hydrogens is 368 g/mol. The van der Waals surface area contributed by atoms with Crippen LogP contribution in [0, 0.1) is 5.41 Å². The summed E-state index contributed by atoms with van der Waals surface area (Å²) in [4.78, 5) is 0. The first-order valence-electron chi connectivity index (χ1n) is 7.84. The van der Waals surface area contributed by atoms with Crippen molar-refractivity contribution in [2.75, 3.05) is 0 Å². The van der Waals surface area contributed by atoms with Gasteiger partial charge in [-0.15, -0.1) is 0 Å². The van der Waals surface area contributed by atoms with E-state index >= 15 is 0 Å². The monoisotopic (exact) mass is 389 g/mol. The van der Waals surface area contributed by atoms with Crippen LogP contribution in [0.15, 0.2) is 45.3 Å². The van der Waals surface area contributed by atoms with E-state index in [2.05, 4.69) is 80.1 Å². The van der Waals surface area contributed by atoms with Gasteiger partial charge >= 0.3 is 0 Å². The molecule has 0 fully saturated rings. The second-order valence-corrected chi connectivity index (χ2v) is 10.2. The largest absolute Gasteiger partial charge is 0.456 e. The van der Waals surface area contributed by atoms with Gasteiger partial charge in [0.15, 0.2) is 0 Å². The van der Waals surface area contributed by atoms with E-state index in [1.165, 1.54) is 5.56 Å². The minimum absolute atomic E-state index is 0.0463. The van der Waals surface area contributed by atoms with Gasteiger partial charge < -0.3 is 8.84 Å². The lowest BCUT2D eigenvalue weighted by atomic mass is 9.84. The standard InChI is InChI=1S/C19H22BrO2Si/c1-19(2,3)18(22-23(4)5)12-6-8-14-15-9-7-13(20)11-17(15)21-16(14)10-12/h6-11,18H,1-5H3. The number of fused-ring (bicyclic) bond motifs is 3. The first kappa shape index (κ1) is 16.7. The topological polar surface area (TPSA) is 22.4 Å². The Kier molecular flexibility index (Phi) is 4.42. The molecule has 1 unspecified atom stereocenters. The Morgan fingerprint density at radius 3 is 2.22 bits per heavy atom. The fourth-order valence-electron chi connectivity index (χ4n) is 2.91. The maximum atomic E-state index is 6.30. The summed E-state index contributed by atoms with van der Waals surface area (Å²) >= 11 is 3.50. The molecule has 0 amide bonds. The molecule has 0 spiro atoms. The van der Waals surface area contributed by atoms with Gasteiger partial charge in [-0.1, -0.05) is 48.8 Å². The van der Waals surface area contributed by atoms with Crippen molar-refractivity contribution in [3.05, 3.63) is 46.4 Å². The van der Waals surface area contributed by atoms with Gasteiger partial charge in [0.2, 0.25) is 9.04 Å². The van der Waals surface area contributed by atoms with Crippen molar-refractivity contribution in [1.29, 1.82) is 0 Å². The zero-order valence-electron chi connectivity index (χ0n) is 14.2. The van der Waals surface area contributed by atoms with Crippen molar-refractivity contribution in [2.24, 2.45) is 5.41 Å².